The fourth-order valence-electron chi connectivity index (χ4n) is 10.9. The summed E-state index contributed by atoms with van der Waals surface area (Å²) in [5, 5.41) is 2.14. The number of thiophene rings is 1. The van der Waals surface area contributed by atoms with Crippen LogP contribution in [-0.4, -0.2) is 0 Å². The van der Waals surface area contributed by atoms with Crippen molar-refractivity contribution < 1.29 is 0 Å². The molecule has 314 valence electrons. The van der Waals surface area contributed by atoms with E-state index in [1.54, 1.807) is 11.3 Å². The third-order valence-electron chi connectivity index (χ3n) is 13.7. The second-order valence-electron chi connectivity index (χ2n) is 16.8. The first-order valence-electron chi connectivity index (χ1n) is 22.4. The lowest BCUT2D eigenvalue weighted by Gasteiger charge is -2.34. The number of para-hydroxylation sites is 1. The maximum Gasteiger partial charge on any atom is 0.0726 e. The topological polar surface area (TPSA) is 3.24 Å². The lowest BCUT2D eigenvalue weighted by atomic mass is 9.69. The first kappa shape index (κ1) is 41.5. The Morgan fingerprint density at radius 3 is 1.95 bits per heavy atom. The maximum atomic E-state index is 4.67. The molecule has 10 rings (SSSR count). The summed E-state index contributed by atoms with van der Waals surface area (Å²) in [4.78, 5) is 2.36. The molecule has 1 heterocycles. The van der Waals surface area contributed by atoms with Gasteiger partial charge in [-0.3, -0.25) is 0 Å². The van der Waals surface area contributed by atoms with Crippen LogP contribution in [0.25, 0.3) is 73.5 Å². The van der Waals surface area contributed by atoms with Gasteiger partial charge in [0.25, 0.3) is 0 Å². The summed E-state index contributed by atoms with van der Waals surface area (Å²) in [5.41, 5.74) is 21.5. The minimum Gasteiger partial charge on any atom is -0.308 e. The van der Waals surface area contributed by atoms with E-state index in [2.05, 4.69) is 216 Å². The number of allylic oxidation sites excluding steroid dienone is 5. The Balaban J connectivity index is 1.33. The highest BCUT2D eigenvalue weighted by Crippen LogP contribution is 2.65. The van der Waals surface area contributed by atoms with Crippen molar-refractivity contribution in [3.63, 3.8) is 0 Å². The Morgan fingerprint density at radius 2 is 1.31 bits per heavy atom. The van der Waals surface area contributed by atoms with Gasteiger partial charge in [-0.25, -0.2) is 0 Å². The average molecular weight is 854 g/mol. The molecule has 0 aliphatic heterocycles. The van der Waals surface area contributed by atoms with Crippen LogP contribution in [0.15, 0.2) is 202 Å². The van der Waals surface area contributed by atoms with E-state index in [9.17, 15) is 0 Å². The molecule has 0 amide bonds. The highest BCUT2D eigenvalue weighted by molar-refractivity contribution is 7.17. The standard InChI is InChI=1S/C63H51NS/c1-9-25-42(10-2)45(11-3)49-32-24-31-48(40(49)7)43-36-37-53-56(38-43)63(54-33-21-18-29-51(54)52-30-19-22-34-55(52)63)57-39-59(46(12-4)47(13-5)61(53)57)64(44-26-16-15-17-27-44)58(14-6)62-41(8)50-28-20-23-35-60(50)65-62/h9,11-39H,3-6,8,10H2,1-2,7H3/b25-9-,45-42+,62-58-. The van der Waals surface area contributed by atoms with Crippen molar-refractivity contribution in [1.82, 2.24) is 0 Å². The van der Waals surface area contributed by atoms with Gasteiger partial charge in [0.1, 0.15) is 0 Å². The largest absolute Gasteiger partial charge is 0.308 e. The van der Waals surface area contributed by atoms with Gasteiger partial charge in [-0.05, 0) is 151 Å². The molecule has 0 N–H and O–H groups in total. The summed E-state index contributed by atoms with van der Waals surface area (Å²) in [5.74, 6) is 0. The third kappa shape index (κ3) is 6.12. The van der Waals surface area contributed by atoms with E-state index in [-0.39, 0.29) is 0 Å². The summed E-state index contributed by atoms with van der Waals surface area (Å²) >= 11 is 1.75. The van der Waals surface area contributed by atoms with Crippen LogP contribution in [0.3, 0.4) is 0 Å². The van der Waals surface area contributed by atoms with Gasteiger partial charge in [-0.15, -0.1) is 11.3 Å². The van der Waals surface area contributed by atoms with Crippen LogP contribution in [0.2, 0.25) is 0 Å². The van der Waals surface area contributed by atoms with Crippen molar-refractivity contribution in [2.75, 3.05) is 4.90 Å². The number of rotatable bonds is 11. The van der Waals surface area contributed by atoms with E-state index in [0.29, 0.717) is 0 Å². The van der Waals surface area contributed by atoms with Gasteiger partial charge in [-0.1, -0.05) is 185 Å². The van der Waals surface area contributed by atoms with Crippen LogP contribution in [0.1, 0.15) is 64.8 Å². The predicted molar refractivity (Wildman–Crippen MR) is 284 cm³/mol. The molecule has 8 aromatic rings. The SMILES string of the molecule is C=C/C(=c1/sc2ccccc2c1=C)N(c1ccccc1)c1cc2c(c(C=C)c1C=C)-c1ccc(-c3cccc(/C(C=C)=C(/C=C\C)CC)c3C)cc1C21c2ccccc2-c2ccccc21. The van der Waals surface area contributed by atoms with Crippen LogP contribution in [0, 0.1) is 6.92 Å². The zero-order valence-corrected chi connectivity index (χ0v) is 38.2. The molecule has 2 aliphatic rings. The van der Waals surface area contributed by atoms with Crippen LogP contribution >= 0.6 is 11.3 Å². The molecular formula is C63H51NS. The molecule has 0 atom stereocenters. The second-order valence-corrected chi connectivity index (χ2v) is 17.8. The lowest BCUT2D eigenvalue weighted by molar-refractivity contribution is 0.794. The monoisotopic (exact) mass is 853 g/mol. The van der Waals surface area contributed by atoms with Gasteiger partial charge in [0, 0.05) is 16.0 Å². The van der Waals surface area contributed by atoms with E-state index >= 15 is 0 Å². The van der Waals surface area contributed by atoms with Crippen LogP contribution in [0.5, 0.6) is 0 Å². The zero-order chi connectivity index (χ0) is 45.0. The number of fused-ring (bicyclic) bond motifs is 11. The summed E-state index contributed by atoms with van der Waals surface area (Å²) < 4.78 is 2.26. The molecule has 2 heteroatoms. The molecule has 1 nitrogen and oxygen atoms in total. The van der Waals surface area contributed by atoms with E-state index in [1.165, 1.54) is 82.6 Å². The van der Waals surface area contributed by atoms with Gasteiger partial charge in [-0.2, -0.15) is 0 Å². The van der Waals surface area contributed by atoms with Gasteiger partial charge in [0.2, 0.25) is 0 Å². The van der Waals surface area contributed by atoms with Crippen molar-refractivity contribution >= 4 is 62.8 Å². The molecular weight excluding hydrogens is 803 g/mol. The Hall–Kier alpha value is -7.52. The van der Waals surface area contributed by atoms with E-state index < -0.39 is 5.41 Å². The van der Waals surface area contributed by atoms with Crippen LogP contribution < -0.4 is 14.7 Å². The minimum atomic E-state index is -0.648. The summed E-state index contributed by atoms with van der Waals surface area (Å²) in [7, 11) is 0. The summed E-state index contributed by atoms with van der Waals surface area (Å²) in [6.45, 7) is 29.1. The quantitative estimate of drug-likeness (QED) is 0.117. The molecule has 7 aromatic carbocycles. The molecule has 0 radical (unpaired) electrons. The molecule has 0 bridgehead atoms. The zero-order valence-electron chi connectivity index (χ0n) is 37.4. The normalized spacial score (nSPS) is 13.8. The number of hydrogen-bond donors (Lipinski definition) is 0. The van der Waals surface area contributed by atoms with Crippen molar-refractivity contribution in [2.24, 2.45) is 0 Å². The first-order valence-corrected chi connectivity index (χ1v) is 23.2. The van der Waals surface area contributed by atoms with Gasteiger partial charge in [0.05, 0.1) is 21.3 Å². The molecule has 0 saturated heterocycles. The molecule has 2 aliphatic carbocycles. The molecule has 0 fully saturated rings. The second kappa shape index (κ2) is 16.6. The lowest BCUT2D eigenvalue weighted by Crippen LogP contribution is -2.29. The number of nitrogens with zero attached hydrogens (tertiary/aromatic N) is 1. The van der Waals surface area contributed by atoms with Gasteiger partial charge >= 0.3 is 0 Å². The van der Waals surface area contributed by atoms with Crippen LogP contribution in [0.4, 0.5) is 11.4 Å². The highest BCUT2D eigenvalue weighted by atomic mass is 32.1. The Labute approximate surface area is 387 Å². The molecule has 1 aromatic heterocycles. The Kier molecular flexibility index (Phi) is 10.6. The first-order chi connectivity index (χ1) is 31.9. The van der Waals surface area contributed by atoms with E-state index in [1.807, 2.05) is 24.3 Å². The smallest absolute Gasteiger partial charge is 0.0726 e. The molecule has 65 heavy (non-hydrogen) atoms. The highest BCUT2D eigenvalue weighted by Gasteiger charge is 2.53. The fraction of sp³-hybridized carbons (Fsp3) is 0.0794. The molecule has 0 saturated carbocycles. The van der Waals surface area contributed by atoms with Gasteiger partial charge < -0.3 is 4.90 Å². The Bertz CT molecular complexity index is 3430. The van der Waals surface area contributed by atoms with Gasteiger partial charge in [0.15, 0.2) is 0 Å². The Morgan fingerprint density at radius 1 is 0.646 bits per heavy atom. The predicted octanol–water partition coefficient (Wildman–Crippen LogP) is 16.0. The maximum absolute atomic E-state index is 4.67. The number of benzene rings is 7. The minimum absolute atomic E-state index is 0.648. The van der Waals surface area contributed by atoms with Crippen molar-refractivity contribution in [2.45, 2.75) is 32.6 Å². The summed E-state index contributed by atoms with van der Waals surface area (Å²) in [6.07, 6.45) is 13.3. The fourth-order valence-corrected chi connectivity index (χ4v) is 12.1. The third-order valence-corrected chi connectivity index (χ3v) is 14.9. The van der Waals surface area contributed by atoms with Crippen molar-refractivity contribution in [3.05, 3.63) is 256 Å². The summed E-state index contributed by atoms with van der Waals surface area (Å²) in [6, 6.07) is 53.5. The number of hydrogen-bond acceptors (Lipinski definition) is 2. The molecule has 0 unspecified atom stereocenters. The van der Waals surface area contributed by atoms with Crippen molar-refractivity contribution in [3.8, 4) is 33.4 Å². The average Bonchev–Trinajstić information content (AvgIpc) is 3.95. The number of anilines is 2. The van der Waals surface area contributed by atoms with Crippen LogP contribution in [-0.2, 0) is 5.41 Å². The van der Waals surface area contributed by atoms with Crippen molar-refractivity contribution in [1.29, 1.82) is 0 Å². The van der Waals surface area contributed by atoms with E-state index in [4.69, 9.17) is 0 Å². The molecule has 1 spiro atoms. The van der Waals surface area contributed by atoms with E-state index in [0.717, 1.165) is 49.8 Å².